The van der Waals surface area contributed by atoms with Crippen molar-refractivity contribution in [3.05, 3.63) is 45.8 Å². The van der Waals surface area contributed by atoms with Crippen LogP contribution in [0.25, 0.3) is 0 Å². The minimum absolute atomic E-state index is 0.0107. The van der Waals surface area contributed by atoms with Crippen LogP contribution < -0.4 is 0 Å². The van der Waals surface area contributed by atoms with E-state index >= 15 is 0 Å². The molecule has 0 fully saturated rings. The zero-order chi connectivity index (χ0) is 14.7. The topological polar surface area (TPSA) is 105 Å². The van der Waals surface area contributed by atoms with E-state index in [2.05, 4.69) is 4.98 Å². The van der Waals surface area contributed by atoms with Crippen molar-refractivity contribution in [1.29, 1.82) is 5.26 Å². The van der Waals surface area contributed by atoms with Crippen molar-refractivity contribution >= 4 is 17.4 Å². The van der Waals surface area contributed by atoms with E-state index in [9.17, 15) is 10.1 Å². The summed E-state index contributed by atoms with van der Waals surface area (Å²) >= 11 is 1.27. The first kappa shape index (κ1) is 14.0. The average molecular weight is 290 g/mol. The maximum atomic E-state index is 10.7. The predicted molar refractivity (Wildman–Crippen MR) is 71.1 cm³/mol. The van der Waals surface area contributed by atoms with Gasteiger partial charge in [0.1, 0.15) is 11.6 Å². The van der Waals surface area contributed by atoms with E-state index in [1.54, 1.807) is 23.9 Å². The summed E-state index contributed by atoms with van der Waals surface area (Å²) in [5.41, 5.74) is 0.458. The Morgan fingerprint density at radius 2 is 2.35 bits per heavy atom. The van der Waals surface area contributed by atoms with Gasteiger partial charge in [-0.25, -0.2) is 4.98 Å². The van der Waals surface area contributed by atoms with E-state index in [0.29, 0.717) is 15.7 Å². The number of hydrogen-bond acceptors (Lipinski definition) is 6. The number of imidazole rings is 1. The molecule has 2 rings (SSSR count). The Labute approximate surface area is 118 Å². The monoisotopic (exact) mass is 290 g/mol. The predicted octanol–water partition coefficient (Wildman–Crippen LogP) is 1.84. The maximum Gasteiger partial charge on any atom is 0.287 e. The molecular formula is C12H10N4O3S. The van der Waals surface area contributed by atoms with Gasteiger partial charge in [-0.2, -0.15) is 5.26 Å². The number of aliphatic hydroxyl groups excluding tert-OH is 1. The Morgan fingerprint density at radius 1 is 1.60 bits per heavy atom. The molecule has 0 atom stereocenters. The second kappa shape index (κ2) is 5.73. The van der Waals surface area contributed by atoms with Crippen LogP contribution in [0, 0.1) is 21.4 Å². The lowest BCUT2D eigenvalue weighted by Crippen LogP contribution is -1.97. The molecule has 0 bridgehead atoms. The summed E-state index contributed by atoms with van der Waals surface area (Å²) in [6.07, 6.45) is 1.55. The average Bonchev–Trinajstić information content (AvgIpc) is 2.79. The van der Waals surface area contributed by atoms with E-state index in [0.717, 1.165) is 0 Å². The van der Waals surface area contributed by atoms with E-state index in [-0.39, 0.29) is 17.9 Å². The number of hydrogen-bond donors (Lipinski definition) is 1. The molecule has 1 N–H and O–H groups in total. The highest BCUT2D eigenvalue weighted by molar-refractivity contribution is 7.99. The third-order valence-corrected chi connectivity index (χ3v) is 3.75. The van der Waals surface area contributed by atoms with Crippen molar-refractivity contribution in [3.63, 3.8) is 0 Å². The largest absolute Gasteiger partial charge is 0.390 e. The minimum atomic E-state index is -0.586. The van der Waals surface area contributed by atoms with E-state index in [1.807, 2.05) is 6.07 Å². The van der Waals surface area contributed by atoms with Gasteiger partial charge in [-0.05, 0) is 12.1 Å². The number of rotatable bonds is 4. The number of aromatic nitrogens is 2. The summed E-state index contributed by atoms with van der Waals surface area (Å²) in [4.78, 5) is 15.0. The molecule has 0 saturated carbocycles. The first-order valence-electron chi connectivity index (χ1n) is 5.54. The lowest BCUT2D eigenvalue weighted by molar-refractivity contribution is -0.385. The van der Waals surface area contributed by atoms with Crippen molar-refractivity contribution in [2.45, 2.75) is 16.7 Å². The summed E-state index contributed by atoms with van der Waals surface area (Å²) in [5.74, 6) is 0. The highest BCUT2D eigenvalue weighted by Gasteiger charge is 2.15. The minimum Gasteiger partial charge on any atom is -0.390 e. The number of nitriles is 1. The molecule has 1 aromatic carbocycles. The van der Waals surface area contributed by atoms with Crippen molar-refractivity contribution < 1.29 is 10.0 Å². The molecule has 0 aliphatic heterocycles. The van der Waals surface area contributed by atoms with Crippen molar-refractivity contribution in [2.75, 3.05) is 0 Å². The molecular weight excluding hydrogens is 280 g/mol. The second-order valence-corrected chi connectivity index (χ2v) is 4.94. The van der Waals surface area contributed by atoms with Gasteiger partial charge < -0.3 is 9.67 Å². The van der Waals surface area contributed by atoms with Crippen LogP contribution in [-0.2, 0) is 13.7 Å². The summed E-state index contributed by atoms with van der Waals surface area (Å²) in [5, 5.41) is 29.4. The molecule has 2 aromatic rings. The number of benzene rings is 1. The third-order valence-electron chi connectivity index (χ3n) is 2.70. The standard InChI is InChI=1S/C12H10N4O3S/c1-15-9(7-17)6-14-12(15)20-10-2-3-11(16(18)19)8(4-10)5-13/h2-4,6,17H,7H2,1H3. The Balaban J connectivity index is 2.33. The third kappa shape index (κ3) is 2.64. The second-order valence-electron chi connectivity index (χ2n) is 3.90. The molecule has 102 valence electrons. The molecule has 1 heterocycles. The molecule has 1 aromatic heterocycles. The van der Waals surface area contributed by atoms with Crippen LogP contribution in [0.2, 0.25) is 0 Å². The number of nitro groups is 1. The fraction of sp³-hybridized carbons (Fsp3) is 0.167. The normalized spacial score (nSPS) is 10.2. The van der Waals surface area contributed by atoms with Gasteiger partial charge in [0.05, 0.1) is 23.4 Å². The highest BCUT2D eigenvalue weighted by Crippen LogP contribution is 2.30. The van der Waals surface area contributed by atoms with Crippen LogP contribution in [-0.4, -0.2) is 19.6 Å². The fourth-order valence-electron chi connectivity index (χ4n) is 1.60. The summed E-state index contributed by atoms with van der Waals surface area (Å²) in [6, 6.07) is 6.14. The molecule has 0 spiro atoms. The highest BCUT2D eigenvalue weighted by atomic mass is 32.2. The molecule has 0 unspecified atom stereocenters. The number of aliphatic hydroxyl groups is 1. The lowest BCUT2D eigenvalue weighted by Gasteiger charge is -2.04. The Hall–Kier alpha value is -2.37. The van der Waals surface area contributed by atoms with Crippen LogP contribution >= 0.6 is 11.8 Å². The van der Waals surface area contributed by atoms with E-state index < -0.39 is 4.92 Å². The Kier molecular flexibility index (Phi) is 4.02. The van der Waals surface area contributed by atoms with E-state index in [4.69, 9.17) is 10.4 Å². The molecule has 8 heteroatoms. The quantitative estimate of drug-likeness (QED) is 0.680. The molecule has 20 heavy (non-hydrogen) atoms. The van der Waals surface area contributed by atoms with Crippen molar-refractivity contribution in [2.24, 2.45) is 7.05 Å². The zero-order valence-electron chi connectivity index (χ0n) is 10.5. The van der Waals surface area contributed by atoms with Crippen LogP contribution in [0.4, 0.5) is 5.69 Å². The fourth-order valence-corrected chi connectivity index (χ4v) is 2.48. The summed E-state index contributed by atoms with van der Waals surface area (Å²) in [7, 11) is 1.76. The molecule has 0 aliphatic carbocycles. The van der Waals surface area contributed by atoms with Crippen LogP contribution in [0.3, 0.4) is 0 Å². The Morgan fingerprint density at radius 3 is 2.90 bits per heavy atom. The Bertz CT molecular complexity index is 705. The number of nitro benzene ring substituents is 1. The van der Waals surface area contributed by atoms with Crippen molar-refractivity contribution in [3.8, 4) is 6.07 Å². The van der Waals surface area contributed by atoms with Gasteiger partial charge >= 0.3 is 0 Å². The first-order valence-corrected chi connectivity index (χ1v) is 6.36. The number of nitrogens with zero attached hydrogens (tertiary/aromatic N) is 4. The molecule has 0 saturated heterocycles. The van der Waals surface area contributed by atoms with Gasteiger partial charge in [-0.15, -0.1) is 0 Å². The van der Waals surface area contributed by atoms with Gasteiger partial charge in [-0.3, -0.25) is 10.1 Å². The smallest absolute Gasteiger partial charge is 0.287 e. The zero-order valence-corrected chi connectivity index (χ0v) is 11.3. The van der Waals surface area contributed by atoms with Crippen LogP contribution in [0.5, 0.6) is 0 Å². The van der Waals surface area contributed by atoms with E-state index in [1.165, 1.54) is 23.9 Å². The van der Waals surface area contributed by atoms with Gasteiger partial charge in [-0.1, -0.05) is 11.8 Å². The lowest BCUT2D eigenvalue weighted by atomic mass is 10.2. The van der Waals surface area contributed by atoms with Crippen LogP contribution in [0.1, 0.15) is 11.3 Å². The van der Waals surface area contributed by atoms with Crippen LogP contribution in [0.15, 0.2) is 34.4 Å². The molecule has 0 radical (unpaired) electrons. The first-order chi connectivity index (χ1) is 9.56. The van der Waals surface area contributed by atoms with Gasteiger partial charge in [0.25, 0.3) is 5.69 Å². The summed E-state index contributed by atoms with van der Waals surface area (Å²) < 4.78 is 1.72. The summed E-state index contributed by atoms with van der Waals surface area (Å²) in [6.45, 7) is -0.117. The van der Waals surface area contributed by atoms with Crippen molar-refractivity contribution in [1.82, 2.24) is 9.55 Å². The van der Waals surface area contributed by atoms with Gasteiger partial charge in [0, 0.05) is 18.0 Å². The molecule has 0 amide bonds. The SMILES string of the molecule is Cn1c(CO)cnc1Sc1ccc([N+](=O)[O-])c(C#N)c1. The maximum absolute atomic E-state index is 10.7. The molecule has 7 nitrogen and oxygen atoms in total. The van der Waals surface area contributed by atoms with Gasteiger partial charge in [0.2, 0.25) is 0 Å². The van der Waals surface area contributed by atoms with Gasteiger partial charge in [0.15, 0.2) is 5.16 Å². The molecule has 0 aliphatic rings.